The van der Waals surface area contributed by atoms with Crippen molar-refractivity contribution in [2.24, 2.45) is 5.92 Å². The number of unbranched alkanes of at least 4 members (excludes halogenated alkanes) is 1. The molecule has 0 radical (unpaired) electrons. The van der Waals surface area contributed by atoms with Crippen molar-refractivity contribution in [2.45, 2.75) is 77.3 Å². The number of nitrogens with zero attached hydrogens (tertiary/aromatic N) is 3. The first-order valence-corrected chi connectivity index (χ1v) is 12.0. The zero-order valence-electron chi connectivity index (χ0n) is 17.6. The van der Waals surface area contributed by atoms with Gasteiger partial charge in [0.05, 0.1) is 10.6 Å². The van der Waals surface area contributed by atoms with Crippen LogP contribution in [-0.4, -0.2) is 38.7 Å². The molecule has 1 saturated heterocycles. The van der Waals surface area contributed by atoms with Crippen LogP contribution in [0, 0.1) is 19.8 Å². The van der Waals surface area contributed by atoms with Crippen LogP contribution in [0.4, 0.5) is 0 Å². The standard InChI is InChI=1S/C21H31N3O2S2/c1-6-7-10-24-20(26)17-14(3)15(4)27-18(17)22-21(24)28-16(5)19(25)23-11-8-13(2)9-12-23/h13,16H,6-12H2,1-5H3. The molecule has 154 valence electrons. The van der Waals surface area contributed by atoms with Crippen molar-refractivity contribution in [3.05, 3.63) is 20.8 Å². The molecular formula is C21H31N3O2S2. The van der Waals surface area contributed by atoms with Crippen LogP contribution in [0.15, 0.2) is 9.95 Å². The van der Waals surface area contributed by atoms with Gasteiger partial charge in [-0.1, -0.05) is 32.0 Å². The summed E-state index contributed by atoms with van der Waals surface area (Å²) in [6.45, 7) is 12.7. The number of aryl methyl sites for hydroxylation is 2. The van der Waals surface area contributed by atoms with Gasteiger partial charge in [-0.15, -0.1) is 11.3 Å². The van der Waals surface area contributed by atoms with E-state index in [9.17, 15) is 9.59 Å². The summed E-state index contributed by atoms with van der Waals surface area (Å²) in [4.78, 5) is 34.9. The average Bonchev–Trinajstić information content (AvgIpc) is 2.95. The predicted octanol–water partition coefficient (Wildman–Crippen LogP) is 4.61. The largest absolute Gasteiger partial charge is 0.342 e. The Hall–Kier alpha value is -1.34. The smallest absolute Gasteiger partial charge is 0.263 e. The van der Waals surface area contributed by atoms with Gasteiger partial charge in [0.1, 0.15) is 4.83 Å². The van der Waals surface area contributed by atoms with Gasteiger partial charge < -0.3 is 4.90 Å². The Morgan fingerprint density at radius 1 is 1.32 bits per heavy atom. The number of fused-ring (bicyclic) bond motifs is 1. The Bertz CT molecular complexity index is 910. The molecule has 1 fully saturated rings. The van der Waals surface area contributed by atoms with Gasteiger partial charge in [-0.05, 0) is 51.5 Å². The molecule has 0 N–H and O–H groups in total. The summed E-state index contributed by atoms with van der Waals surface area (Å²) < 4.78 is 1.79. The molecule has 0 spiro atoms. The Morgan fingerprint density at radius 3 is 2.64 bits per heavy atom. The third-order valence-corrected chi connectivity index (χ3v) is 7.89. The SMILES string of the molecule is CCCCn1c(SC(C)C(=O)N2CCC(C)CC2)nc2sc(C)c(C)c2c1=O. The number of piperidine rings is 1. The van der Waals surface area contributed by atoms with Crippen molar-refractivity contribution in [1.82, 2.24) is 14.5 Å². The normalized spacial score (nSPS) is 16.7. The van der Waals surface area contributed by atoms with E-state index in [2.05, 4.69) is 13.8 Å². The maximum atomic E-state index is 13.2. The molecule has 3 heterocycles. The summed E-state index contributed by atoms with van der Waals surface area (Å²) >= 11 is 3.00. The van der Waals surface area contributed by atoms with Crippen LogP contribution in [0.1, 0.15) is 56.9 Å². The van der Waals surface area contributed by atoms with Crippen LogP contribution in [0.25, 0.3) is 10.2 Å². The molecule has 2 aromatic heterocycles. The number of hydrogen-bond donors (Lipinski definition) is 0. The van der Waals surface area contributed by atoms with Crippen molar-refractivity contribution in [3.63, 3.8) is 0 Å². The molecule has 1 aliphatic rings. The molecule has 5 nitrogen and oxygen atoms in total. The quantitative estimate of drug-likeness (QED) is 0.505. The fourth-order valence-electron chi connectivity index (χ4n) is 3.61. The van der Waals surface area contributed by atoms with Crippen LogP contribution >= 0.6 is 23.1 Å². The molecule has 0 saturated carbocycles. The monoisotopic (exact) mass is 421 g/mol. The zero-order chi connectivity index (χ0) is 20.4. The molecular weight excluding hydrogens is 390 g/mol. The van der Waals surface area contributed by atoms with Gasteiger partial charge in [-0.2, -0.15) is 0 Å². The highest BCUT2D eigenvalue weighted by molar-refractivity contribution is 8.00. The zero-order valence-corrected chi connectivity index (χ0v) is 19.2. The molecule has 1 aliphatic heterocycles. The molecule has 0 aliphatic carbocycles. The second kappa shape index (κ2) is 8.99. The summed E-state index contributed by atoms with van der Waals surface area (Å²) in [5.74, 6) is 0.854. The number of carbonyl (C=O) groups is 1. The predicted molar refractivity (Wildman–Crippen MR) is 119 cm³/mol. The summed E-state index contributed by atoms with van der Waals surface area (Å²) in [5, 5.41) is 1.18. The molecule has 1 atom stereocenters. The number of thioether (sulfide) groups is 1. The second-order valence-corrected chi connectivity index (χ2v) is 10.4. The maximum Gasteiger partial charge on any atom is 0.263 e. The number of hydrogen-bond acceptors (Lipinski definition) is 5. The van der Waals surface area contributed by atoms with Crippen molar-refractivity contribution in [3.8, 4) is 0 Å². The highest BCUT2D eigenvalue weighted by atomic mass is 32.2. The van der Waals surface area contributed by atoms with E-state index in [1.807, 2.05) is 25.7 Å². The molecule has 28 heavy (non-hydrogen) atoms. The first kappa shape index (κ1) is 21.4. The van der Waals surface area contributed by atoms with Crippen LogP contribution in [0.5, 0.6) is 0 Å². The minimum atomic E-state index is -0.243. The first-order chi connectivity index (χ1) is 13.3. The molecule has 1 unspecified atom stereocenters. The third kappa shape index (κ3) is 4.30. The minimum absolute atomic E-state index is 0.0363. The van der Waals surface area contributed by atoms with E-state index < -0.39 is 0 Å². The lowest BCUT2D eigenvalue weighted by Gasteiger charge is -2.32. The van der Waals surface area contributed by atoms with E-state index >= 15 is 0 Å². The van der Waals surface area contributed by atoms with Crippen LogP contribution in [0.3, 0.4) is 0 Å². The van der Waals surface area contributed by atoms with E-state index in [1.165, 1.54) is 11.8 Å². The summed E-state index contributed by atoms with van der Waals surface area (Å²) in [6.07, 6.45) is 4.08. The summed E-state index contributed by atoms with van der Waals surface area (Å²) in [5.41, 5.74) is 1.07. The number of aromatic nitrogens is 2. The van der Waals surface area contributed by atoms with Gasteiger partial charge in [-0.25, -0.2) is 4.98 Å². The van der Waals surface area contributed by atoms with E-state index in [1.54, 1.807) is 15.9 Å². The Labute approximate surface area is 175 Å². The average molecular weight is 422 g/mol. The molecule has 3 rings (SSSR count). The molecule has 2 aromatic rings. The number of likely N-dealkylation sites (tertiary alicyclic amines) is 1. The lowest BCUT2D eigenvalue weighted by molar-refractivity contribution is -0.131. The van der Waals surface area contributed by atoms with Crippen molar-refractivity contribution >= 4 is 39.2 Å². The summed E-state index contributed by atoms with van der Waals surface area (Å²) in [7, 11) is 0. The molecule has 0 aromatic carbocycles. The van der Waals surface area contributed by atoms with Crippen LogP contribution in [-0.2, 0) is 11.3 Å². The number of carbonyl (C=O) groups excluding carboxylic acids is 1. The van der Waals surface area contributed by atoms with E-state index in [4.69, 9.17) is 4.98 Å². The highest BCUT2D eigenvalue weighted by Crippen LogP contribution is 2.30. The van der Waals surface area contributed by atoms with E-state index in [0.29, 0.717) is 17.6 Å². The molecule has 0 bridgehead atoms. The van der Waals surface area contributed by atoms with Gasteiger partial charge in [0.25, 0.3) is 5.56 Å². The van der Waals surface area contributed by atoms with Gasteiger partial charge in [-0.3, -0.25) is 14.2 Å². The topological polar surface area (TPSA) is 55.2 Å². The lowest BCUT2D eigenvalue weighted by atomic mass is 9.99. The van der Waals surface area contributed by atoms with E-state index in [-0.39, 0.29) is 16.7 Å². The van der Waals surface area contributed by atoms with E-state index in [0.717, 1.165) is 59.4 Å². The fraction of sp³-hybridized carbons (Fsp3) is 0.667. The lowest BCUT2D eigenvalue weighted by Crippen LogP contribution is -2.42. The van der Waals surface area contributed by atoms with Crippen LogP contribution in [0.2, 0.25) is 0 Å². The fourth-order valence-corrected chi connectivity index (χ4v) is 5.70. The number of thiophene rings is 1. The Morgan fingerprint density at radius 2 is 2.00 bits per heavy atom. The van der Waals surface area contributed by atoms with Gasteiger partial charge in [0, 0.05) is 24.5 Å². The first-order valence-electron chi connectivity index (χ1n) is 10.3. The van der Waals surface area contributed by atoms with Crippen molar-refractivity contribution < 1.29 is 4.79 Å². The molecule has 7 heteroatoms. The van der Waals surface area contributed by atoms with Gasteiger partial charge in [0.2, 0.25) is 5.91 Å². The number of amides is 1. The van der Waals surface area contributed by atoms with Gasteiger partial charge in [0.15, 0.2) is 5.16 Å². The molecule has 1 amide bonds. The third-order valence-electron chi connectivity index (χ3n) is 5.71. The maximum absolute atomic E-state index is 13.2. The Balaban J connectivity index is 1.90. The highest BCUT2D eigenvalue weighted by Gasteiger charge is 2.27. The second-order valence-electron chi connectivity index (χ2n) is 7.94. The minimum Gasteiger partial charge on any atom is -0.342 e. The van der Waals surface area contributed by atoms with Crippen LogP contribution < -0.4 is 5.56 Å². The van der Waals surface area contributed by atoms with Crippen molar-refractivity contribution in [1.29, 1.82) is 0 Å². The summed E-state index contributed by atoms with van der Waals surface area (Å²) in [6, 6.07) is 0. The van der Waals surface area contributed by atoms with Gasteiger partial charge >= 0.3 is 0 Å². The Kier molecular flexibility index (Phi) is 6.86. The number of rotatable bonds is 6. The van der Waals surface area contributed by atoms with Crippen molar-refractivity contribution in [2.75, 3.05) is 13.1 Å².